The zero-order chi connectivity index (χ0) is 37.3. The summed E-state index contributed by atoms with van der Waals surface area (Å²) in [6, 6.07) is 48.6. The number of rotatable bonds is 5. The third-order valence-corrected chi connectivity index (χ3v) is 12.4. The number of benzene rings is 5. The van der Waals surface area contributed by atoms with Crippen molar-refractivity contribution in [1.29, 1.82) is 0 Å². The molecule has 6 heteroatoms. The summed E-state index contributed by atoms with van der Waals surface area (Å²) in [6.07, 6.45) is 3.97. The van der Waals surface area contributed by atoms with E-state index in [1.807, 2.05) is 84.4 Å². The zero-order valence-electron chi connectivity index (χ0n) is 31.1. The SMILES string of the molecule is CC1(C)c2nccc(-c3cccc4c3sc3ccccc34)c2C(C)(C)c2nccc(-c3ccc(-c4nc(-c5ccccc5)nc(-c5ccccc5)n4)cc3)c21. The maximum Gasteiger partial charge on any atom is 0.164 e. The van der Waals surface area contributed by atoms with Crippen LogP contribution >= 0.6 is 11.3 Å². The van der Waals surface area contributed by atoms with Crippen LogP contribution in [0.15, 0.2) is 152 Å². The second-order valence-electron chi connectivity index (χ2n) is 15.3. The predicted octanol–water partition coefficient (Wildman–Crippen LogP) is 12.3. The molecule has 0 amide bonds. The molecule has 0 bridgehead atoms. The molecule has 0 fully saturated rings. The second-order valence-corrected chi connectivity index (χ2v) is 16.4. The number of aromatic nitrogens is 5. The Hall–Kier alpha value is -6.37. The fourth-order valence-electron chi connectivity index (χ4n) is 8.53. The van der Waals surface area contributed by atoms with E-state index in [0.29, 0.717) is 17.5 Å². The number of hydrogen-bond donors (Lipinski definition) is 0. The van der Waals surface area contributed by atoms with Crippen molar-refractivity contribution in [1.82, 2.24) is 24.9 Å². The Bertz CT molecular complexity index is 2850. The van der Waals surface area contributed by atoms with Gasteiger partial charge in [-0.1, -0.05) is 149 Å². The normalized spacial score (nSPS) is 14.1. The van der Waals surface area contributed by atoms with E-state index < -0.39 is 10.8 Å². The fraction of sp³-hybridized carbons (Fsp3) is 0.122. The molecule has 0 aliphatic heterocycles. The van der Waals surface area contributed by atoms with Crippen molar-refractivity contribution in [2.24, 2.45) is 0 Å². The van der Waals surface area contributed by atoms with Crippen molar-refractivity contribution >= 4 is 31.5 Å². The summed E-state index contributed by atoms with van der Waals surface area (Å²) in [5, 5.41) is 2.60. The van der Waals surface area contributed by atoms with Crippen LogP contribution in [0.1, 0.15) is 50.2 Å². The summed E-state index contributed by atoms with van der Waals surface area (Å²) in [5.41, 5.74) is 11.4. The van der Waals surface area contributed by atoms with Gasteiger partial charge in [-0.05, 0) is 51.6 Å². The third kappa shape index (κ3) is 5.31. The zero-order valence-corrected chi connectivity index (χ0v) is 31.9. The van der Waals surface area contributed by atoms with Crippen LogP contribution in [-0.4, -0.2) is 24.9 Å². The molecule has 264 valence electrons. The second kappa shape index (κ2) is 12.6. The average Bonchev–Trinajstić information content (AvgIpc) is 3.62. The minimum absolute atomic E-state index is 0.412. The molecule has 0 saturated heterocycles. The van der Waals surface area contributed by atoms with Crippen molar-refractivity contribution in [2.45, 2.75) is 38.5 Å². The summed E-state index contributed by atoms with van der Waals surface area (Å²) < 4.78 is 2.61. The van der Waals surface area contributed by atoms with Gasteiger partial charge >= 0.3 is 0 Å². The van der Waals surface area contributed by atoms with Gasteiger partial charge in [-0.3, -0.25) is 9.97 Å². The van der Waals surface area contributed by atoms with Gasteiger partial charge in [-0.2, -0.15) is 0 Å². The van der Waals surface area contributed by atoms with Crippen LogP contribution in [0.3, 0.4) is 0 Å². The lowest BCUT2D eigenvalue weighted by Gasteiger charge is -2.44. The maximum absolute atomic E-state index is 5.18. The Morgan fingerprint density at radius 2 is 0.873 bits per heavy atom. The highest BCUT2D eigenvalue weighted by Crippen LogP contribution is 2.54. The Morgan fingerprint density at radius 1 is 0.400 bits per heavy atom. The van der Waals surface area contributed by atoms with Crippen molar-refractivity contribution in [3.05, 3.63) is 174 Å². The molecule has 0 saturated carbocycles. The van der Waals surface area contributed by atoms with E-state index in [1.165, 1.54) is 42.4 Å². The van der Waals surface area contributed by atoms with Gasteiger partial charge in [-0.25, -0.2) is 15.0 Å². The Labute approximate surface area is 324 Å². The standard InChI is InChI=1S/C49H37N5S/c1-48(2)40-34(30-22-24-33(25-23-30)47-53-45(31-14-7-5-8-15-31)52-46(54-47)32-16-9-6-10-17-32)26-28-50-43(40)49(3,4)41-36(27-29-51-44(41)48)38-20-13-19-37-35-18-11-12-21-39(35)55-42(37)38/h5-29H,1-4H3. The van der Waals surface area contributed by atoms with Crippen molar-refractivity contribution < 1.29 is 0 Å². The highest BCUT2D eigenvalue weighted by molar-refractivity contribution is 7.26. The van der Waals surface area contributed by atoms with Gasteiger partial charge in [0.05, 0.1) is 11.4 Å². The molecule has 1 aliphatic carbocycles. The number of fused-ring (bicyclic) bond motifs is 5. The number of pyridine rings is 2. The lowest BCUT2D eigenvalue weighted by molar-refractivity contribution is 0.494. The maximum atomic E-state index is 5.18. The molecule has 9 aromatic rings. The number of hydrogen-bond acceptors (Lipinski definition) is 6. The van der Waals surface area contributed by atoms with Crippen molar-refractivity contribution in [3.8, 4) is 56.4 Å². The van der Waals surface area contributed by atoms with Gasteiger partial charge in [0.15, 0.2) is 17.5 Å². The number of thiophene rings is 1. The summed E-state index contributed by atoms with van der Waals surface area (Å²) in [5.74, 6) is 1.93. The fourth-order valence-corrected chi connectivity index (χ4v) is 9.76. The van der Waals surface area contributed by atoms with E-state index >= 15 is 0 Å². The summed E-state index contributed by atoms with van der Waals surface area (Å²) in [6.45, 7) is 9.23. The van der Waals surface area contributed by atoms with Gasteiger partial charge in [0.25, 0.3) is 0 Å². The average molecular weight is 728 g/mol. The minimum Gasteiger partial charge on any atom is -0.260 e. The molecular weight excluding hydrogens is 691 g/mol. The van der Waals surface area contributed by atoms with Gasteiger partial charge in [0.1, 0.15) is 0 Å². The molecule has 55 heavy (non-hydrogen) atoms. The van der Waals surface area contributed by atoms with E-state index in [9.17, 15) is 0 Å². The van der Waals surface area contributed by atoms with Crippen LogP contribution in [0.25, 0.3) is 76.6 Å². The van der Waals surface area contributed by atoms with Crippen LogP contribution < -0.4 is 0 Å². The largest absolute Gasteiger partial charge is 0.260 e. The van der Waals surface area contributed by atoms with Crippen LogP contribution in [-0.2, 0) is 10.8 Å². The smallest absolute Gasteiger partial charge is 0.164 e. The van der Waals surface area contributed by atoms with Crippen molar-refractivity contribution in [3.63, 3.8) is 0 Å². The van der Waals surface area contributed by atoms with Crippen LogP contribution in [0.5, 0.6) is 0 Å². The van der Waals surface area contributed by atoms with Crippen molar-refractivity contribution in [2.75, 3.05) is 0 Å². The first-order valence-corrected chi connectivity index (χ1v) is 19.5. The molecule has 0 N–H and O–H groups in total. The third-order valence-electron chi connectivity index (χ3n) is 11.2. The molecule has 0 spiro atoms. The Kier molecular flexibility index (Phi) is 7.62. The van der Waals surface area contributed by atoms with E-state index in [2.05, 4.69) is 107 Å². The van der Waals surface area contributed by atoms with E-state index in [1.54, 1.807) is 0 Å². The Morgan fingerprint density at radius 3 is 1.47 bits per heavy atom. The molecule has 0 unspecified atom stereocenters. The molecule has 5 nitrogen and oxygen atoms in total. The van der Waals surface area contributed by atoms with E-state index in [4.69, 9.17) is 24.9 Å². The summed E-state index contributed by atoms with van der Waals surface area (Å²) in [4.78, 5) is 25.2. The number of nitrogens with zero attached hydrogens (tertiary/aromatic N) is 5. The quantitative estimate of drug-likeness (QED) is 0.177. The lowest BCUT2D eigenvalue weighted by atomic mass is 9.61. The molecule has 4 aromatic heterocycles. The highest BCUT2D eigenvalue weighted by Gasteiger charge is 2.46. The molecule has 5 aromatic carbocycles. The molecule has 10 rings (SSSR count). The minimum atomic E-state index is -0.421. The molecule has 4 heterocycles. The predicted molar refractivity (Wildman–Crippen MR) is 226 cm³/mol. The van der Waals surface area contributed by atoms with Crippen LogP contribution in [0, 0.1) is 0 Å². The van der Waals surface area contributed by atoms with Gasteiger partial charge in [0, 0.05) is 60.1 Å². The van der Waals surface area contributed by atoms with Gasteiger partial charge < -0.3 is 0 Å². The molecule has 0 atom stereocenters. The molecule has 0 radical (unpaired) electrons. The van der Waals surface area contributed by atoms with Gasteiger partial charge in [-0.15, -0.1) is 11.3 Å². The van der Waals surface area contributed by atoms with E-state index in [0.717, 1.165) is 39.2 Å². The van der Waals surface area contributed by atoms with Crippen LogP contribution in [0.4, 0.5) is 0 Å². The summed E-state index contributed by atoms with van der Waals surface area (Å²) in [7, 11) is 0. The first-order chi connectivity index (χ1) is 26.8. The Balaban J connectivity index is 1.09. The van der Waals surface area contributed by atoms with Gasteiger partial charge in [0.2, 0.25) is 0 Å². The first-order valence-electron chi connectivity index (χ1n) is 18.7. The lowest BCUT2D eigenvalue weighted by Crippen LogP contribution is -2.39. The first kappa shape index (κ1) is 33.2. The van der Waals surface area contributed by atoms with E-state index in [-0.39, 0.29) is 0 Å². The molecular formula is C49H37N5S. The summed E-state index contributed by atoms with van der Waals surface area (Å²) >= 11 is 1.87. The highest BCUT2D eigenvalue weighted by atomic mass is 32.1. The topological polar surface area (TPSA) is 64.5 Å². The van der Waals surface area contributed by atoms with Crippen LogP contribution in [0.2, 0.25) is 0 Å². The monoisotopic (exact) mass is 727 g/mol. The molecule has 1 aliphatic rings.